The molecule has 2 atom stereocenters. The van der Waals surface area contributed by atoms with Crippen LogP contribution in [0.4, 0.5) is 4.39 Å². The Labute approximate surface area is 132 Å². The second-order valence-electron chi connectivity index (χ2n) is 5.01. The molecule has 0 amide bonds. The Kier molecular flexibility index (Phi) is 4.07. The van der Waals surface area contributed by atoms with Gasteiger partial charge in [-0.2, -0.15) is 0 Å². The van der Waals surface area contributed by atoms with Crippen LogP contribution in [0.2, 0.25) is 10.0 Å². The standard InChI is InChI=1S/C16H14Cl2FNO/c1-20-13-8-15(10-3-2-4-12(17)16(10)18)21-14-6-5-9(19)7-11(13)14/h2-7,13,15,20H,8H2,1H3. The third-order valence-corrected chi connectivity index (χ3v) is 4.58. The topological polar surface area (TPSA) is 21.3 Å². The maximum absolute atomic E-state index is 13.4. The fourth-order valence-electron chi connectivity index (χ4n) is 2.67. The van der Waals surface area contributed by atoms with Gasteiger partial charge in [-0.3, -0.25) is 0 Å². The quantitative estimate of drug-likeness (QED) is 0.846. The number of fused-ring (bicyclic) bond motifs is 1. The van der Waals surface area contributed by atoms with Crippen LogP contribution < -0.4 is 10.1 Å². The molecule has 1 aliphatic rings. The molecule has 0 fully saturated rings. The summed E-state index contributed by atoms with van der Waals surface area (Å²) in [6.07, 6.45) is 0.444. The minimum absolute atomic E-state index is 0.00417. The summed E-state index contributed by atoms with van der Waals surface area (Å²) in [5.74, 6) is 0.403. The number of nitrogens with one attached hydrogen (secondary N) is 1. The average Bonchev–Trinajstić information content (AvgIpc) is 2.49. The summed E-state index contributed by atoms with van der Waals surface area (Å²) in [6, 6.07) is 10.1. The lowest BCUT2D eigenvalue weighted by molar-refractivity contribution is 0.153. The highest BCUT2D eigenvalue weighted by Crippen LogP contribution is 2.43. The second-order valence-corrected chi connectivity index (χ2v) is 5.79. The van der Waals surface area contributed by atoms with Crippen molar-refractivity contribution in [2.45, 2.75) is 18.6 Å². The van der Waals surface area contributed by atoms with E-state index in [-0.39, 0.29) is 18.0 Å². The third kappa shape index (κ3) is 2.73. The largest absolute Gasteiger partial charge is 0.485 e. The molecule has 0 aliphatic carbocycles. The van der Waals surface area contributed by atoms with E-state index in [9.17, 15) is 4.39 Å². The van der Waals surface area contributed by atoms with Crippen LogP contribution in [-0.4, -0.2) is 7.05 Å². The number of ether oxygens (including phenoxy) is 1. The normalized spacial score (nSPS) is 20.8. The predicted molar refractivity (Wildman–Crippen MR) is 82.6 cm³/mol. The summed E-state index contributed by atoms with van der Waals surface area (Å²) in [7, 11) is 1.85. The van der Waals surface area contributed by atoms with Gasteiger partial charge in [0.25, 0.3) is 0 Å². The summed E-state index contributed by atoms with van der Waals surface area (Å²) < 4.78 is 19.4. The molecule has 2 aromatic rings. The Hall–Kier alpha value is -1.29. The van der Waals surface area contributed by atoms with Gasteiger partial charge in [-0.25, -0.2) is 4.39 Å². The lowest BCUT2D eigenvalue weighted by Gasteiger charge is -2.32. The fraction of sp³-hybridized carbons (Fsp3) is 0.250. The molecule has 1 aliphatic heterocycles. The van der Waals surface area contributed by atoms with Gasteiger partial charge >= 0.3 is 0 Å². The molecule has 5 heteroatoms. The molecule has 1 heterocycles. The van der Waals surface area contributed by atoms with Crippen molar-refractivity contribution >= 4 is 23.2 Å². The van der Waals surface area contributed by atoms with Crippen molar-refractivity contribution in [3.8, 4) is 5.75 Å². The smallest absolute Gasteiger partial charge is 0.127 e. The van der Waals surface area contributed by atoms with Gasteiger partial charge in [0.15, 0.2) is 0 Å². The van der Waals surface area contributed by atoms with Gasteiger partial charge in [-0.15, -0.1) is 0 Å². The van der Waals surface area contributed by atoms with Crippen molar-refractivity contribution in [2.24, 2.45) is 0 Å². The van der Waals surface area contributed by atoms with Gasteiger partial charge in [0.2, 0.25) is 0 Å². The number of hydrogen-bond donors (Lipinski definition) is 1. The van der Waals surface area contributed by atoms with Crippen molar-refractivity contribution < 1.29 is 9.13 Å². The lowest BCUT2D eigenvalue weighted by Crippen LogP contribution is -2.27. The molecule has 0 saturated heterocycles. The van der Waals surface area contributed by atoms with Crippen LogP contribution in [0.5, 0.6) is 5.75 Å². The van der Waals surface area contributed by atoms with Crippen LogP contribution in [0.1, 0.15) is 29.7 Å². The minimum Gasteiger partial charge on any atom is -0.485 e. The molecular formula is C16H14Cl2FNO. The first kappa shape index (κ1) is 14.6. The number of hydrogen-bond acceptors (Lipinski definition) is 2. The molecule has 2 nitrogen and oxygen atoms in total. The molecule has 2 unspecified atom stereocenters. The number of rotatable bonds is 2. The fourth-order valence-corrected chi connectivity index (χ4v) is 3.10. The molecule has 110 valence electrons. The SMILES string of the molecule is CNC1CC(c2cccc(Cl)c2Cl)Oc2ccc(F)cc21. The third-order valence-electron chi connectivity index (χ3n) is 3.74. The highest BCUT2D eigenvalue weighted by Gasteiger charge is 2.30. The van der Waals surface area contributed by atoms with Crippen LogP contribution in [0.3, 0.4) is 0 Å². The zero-order chi connectivity index (χ0) is 15.0. The van der Waals surface area contributed by atoms with E-state index in [1.807, 2.05) is 19.2 Å². The van der Waals surface area contributed by atoms with Crippen molar-refractivity contribution in [1.29, 1.82) is 0 Å². The maximum atomic E-state index is 13.4. The second kappa shape index (κ2) is 5.84. The molecule has 21 heavy (non-hydrogen) atoms. The highest BCUT2D eigenvalue weighted by molar-refractivity contribution is 6.42. The van der Waals surface area contributed by atoms with E-state index in [1.54, 1.807) is 12.1 Å². The first-order valence-corrected chi connectivity index (χ1v) is 7.43. The summed E-state index contributed by atoms with van der Waals surface area (Å²) in [4.78, 5) is 0. The molecule has 0 spiro atoms. The molecule has 3 rings (SSSR count). The maximum Gasteiger partial charge on any atom is 0.127 e. The molecule has 0 aromatic heterocycles. The van der Waals surface area contributed by atoms with E-state index in [2.05, 4.69) is 5.32 Å². The van der Waals surface area contributed by atoms with Crippen LogP contribution in [0, 0.1) is 5.82 Å². The molecule has 0 radical (unpaired) electrons. The van der Waals surface area contributed by atoms with E-state index >= 15 is 0 Å². The van der Waals surface area contributed by atoms with Crippen LogP contribution in [0.25, 0.3) is 0 Å². The van der Waals surface area contributed by atoms with Gasteiger partial charge in [0.05, 0.1) is 10.0 Å². The first-order chi connectivity index (χ1) is 10.1. The van der Waals surface area contributed by atoms with Gasteiger partial charge < -0.3 is 10.1 Å². The Bertz CT molecular complexity index is 677. The number of benzene rings is 2. The predicted octanol–water partition coefficient (Wildman–Crippen LogP) is 4.92. The molecule has 1 N–H and O–H groups in total. The van der Waals surface area contributed by atoms with Gasteiger partial charge in [0.1, 0.15) is 17.7 Å². The highest BCUT2D eigenvalue weighted by atomic mass is 35.5. The summed E-state index contributed by atoms with van der Waals surface area (Å²) in [5, 5.41) is 4.21. The molecule has 0 saturated carbocycles. The number of halogens is 3. The van der Waals surface area contributed by atoms with Crippen molar-refractivity contribution in [1.82, 2.24) is 5.32 Å². The average molecular weight is 326 g/mol. The van der Waals surface area contributed by atoms with E-state index in [1.165, 1.54) is 12.1 Å². The summed E-state index contributed by atoms with van der Waals surface area (Å²) >= 11 is 12.3. The van der Waals surface area contributed by atoms with Gasteiger partial charge in [-0.1, -0.05) is 35.3 Å². The monoisotopic (exact) mass is 325 g/mol. The Balaban J connectivity index is 2.01. The van der Waals surface area contributed by atoms with Gasteiger partial charge in [0, 0.05) is 23.6 Å². The molecule has 0 bridgehead atoms. The van der Waals surface area contributed by atoms with Crippen LogP contribution in [0.15, 0.2) is 36.4 Å². The summed E-state index contributed by atoms with van der Waals surface area (Å²) in [6.45, 7) is 0. The van der Waals surface area contributed by atoms with E-state index in [0.29, 0.717) is 22.2 Å². The zero-order valence-electron chi connectivity index (χ0n) is 11.4. The van der Waals surface area contributed by atoms with E-state index < -0.39 is 0 Å². The van der Waals surface area contributed by atoms with Crippen molar-refractivity contribution in [3.05, 3.63) is 63.4 Å². The molecular weight excluding hydrogens is 312 g/mol. The van der Waals surface area contributed by atoms with Crippen LogP contribution >= 0.6 is 23.2 Å². The Morgan fingerprint density at radius 1 is 1.19 bits per heavy atom. The lowest BCUT2D eigenvalue weighted by atomic mass is 9.93. The Morgan fingerprint density at radius 3 is 2.76 bits per heavy atom. The summed E-state index contributed by atoms with van der Waals surface area (Å²) in [5.41, 5.74) is 1.67. The first-order valence-electron chi connectivity index (χ1n) is 6.67. The molecule has 2 aromatic carbocycles. The van der Waals surface area contributed by atoms with Crippen molar-refractivity contribution in [3.63, 3.8) is 0 Å². The minimum atomic E-state index is -0.267. The zero-order valence-corrected chi connectivity index (χ0v) is 12.9. The van der Waals surface area contributed by atoms with Crippen LogP contribution in [-0.2, 0) is 0 Å². The Morgan fingerprint density at radius 2 is 2.00 bits per heavy atom. The van der Waals surface area contributed by atoms with E-state index in [0.717, 1.165) is 11.1 Å². The van der Waals surface area contributed by atoms with E-state index in [4.69, 9.17) is 27.9 Å². The van der Waals surface area contributed by atoms with Crippen molar-refractivity contribution in [2.75, 3.05) is 7.05 Å². The van der Waals surface area contributed by atoms with Gasteiger partial charge in [-0.05, 0) is 31.3 Å².